The van der Waals surface area contributed by atoms with Crippen LogP contribution in [0.4, 0.5) is 5.69 Å². The lowest BCUT2D eigenvalue weighted by Gasteiger charge is -2.38. The molecular formula is C34H40N4O6S. The highest BCUT2D eigenvalue weighted by Gasteiger charge is 2.34. The Morgan fingerprint density at radius 1 is 1.07 bits per heavy atom. The van der Waals surface area contributed by atoms with Gasteiger partial charge < -0.3 is 19.3 Å². The third kappa shape index (κ3) is 7.22. The summed E-state index contributed by atoms with van der Waals surface area (Å²) in [4.78, 5) is 17.6. The number of likely N-dealkylation sites (N-methyl/N-ethyl adjacent to an activating group) is 1. The number of carbonyl (C=O) groups excluding carboxylic acids is 1. The van der Waals surface area contributed by atoms with E-state index in [1.165, 1.54) is 18.6 Å². The minimum atomic E-state index is -4.03. The van der Waals surface area contributed by atoms with E-state index in [9.17, 15) is 18.3 Å². The second-order valence-electron chi connectivity index (χ2n) is 11.9. The van der Waals surface area contributed by atoms with E-state index >= 15 is 0 Å². The molecule has 0 unspecified atom stereocenters. The molecule has 3 aromatic carbocycles. The lowest BCUT2D eigenvalue weighted by atomic mass is 9.99. The molecule has 45 heavy (non-hydrogen) atoms. The Balaban J connectivity index is 1.38. The van der Waals surface area contributed by atoms with E-state index in [4.69, 9.17) is 9.26 Å². The number of hydrogen-bond acceptors (Lipinski definition) is 8. The van der Waals surface area contributed by atoms with Gasteiger partial charge in [0.2, 0.25) is 0 Å². The molecule has 0 aliphatic carbocycles. The smallest absolute Gasteiger partial charge is 0.267 e. The van der Waals surface area contributed by atoms with Crippen molar-refractivity contribution in [1.82, 2.24) is 15.0 Å². The Labute approximate surface area is 264 Å². The molecule has 2 N–H and O–H groups in total. The standard InChI is InChI=1S/C34H40N4O6S/c1-22-18-38(23(2)21-39)34(40)30-17-29(36-45(41,42)33-24(3)35-44-25(33)4)15-16-31(30)43-32(22)20-37(5)19-26-11-13-28(14-12-26)27-9-7-6-8-10-27/h6-17,22-23,32,36,39H,18-21H2,1-5H3/t22-,23-,32+/m0/s1. The summed E-state index contributed by atoms with van der Waals surface area (Å²) in [5.41, 5.74) is 4.14. The maximum Gasteiger partial charge on any atom is 0.267 e. The number of aliphatic hydroxyl groups is 1. The van der Waals surface area contributed by atoms with E-state index in [2.05, 4.69) is 51.2 Å². The quantitative estimate of drug-likeness (QED) is 0.247. The predicted molar refractivity (Wildman–Crippen MR) is 173 cm³/mol. The third-order valence-electron chi connectivity index (χ3n) is 8.16. The monoisotopic (exact) mass is 632 g/mol. The van der Waals surface area contributed by atoms with E-state index < -0.39 is 16.1 Å². The first-order chi connectivity index (χ1) is 21.5. The number of amides is 1. The van der Waals surface area contributed by atoms with Gasteiger partial charge in [-0.15, -0.1) is 0 Å². The van der Waals surface area contributed by atoms with Crippen molar-refractivity contribution in [3.8, 4) is 16.9 Å². The average Bonchev–Trinajstić information content (AvgIpc) is 3.37. The summed E-state index contributed by atoms with van der Waals surface area (Å²) in [6.45, 7) is 8.33. The van der Waals surface area contributed by atoms with E-state index in [0.29, 0.717) is 25.4 Å². The number of aryl methyl sites for hydroxylation is 2. The highest BCUT2D eigenvalue weighted by atomic mass is 32.2. The highest BCUT2D eigenvalue weighted by molar-refractivity contribution is 7.92. The molecule has 238 valence electrons. The van der Waals surface area contributed by atoms with Crippen LogP contribution in [0.25, 0.3) is 11.1 Å². The van der Waals surface area contributed by atoms with Crippen LogP contribution in [0.3, 0.4) is 0 Å². The molecule has 1 aliphatic rings. The van der Waals surface area contributed by atoms with Crippen molar-refractivity contribution >= 4 is 21.6 Å². The maximum absolute atomic E-state index is 13.8. The number of sulfonamides is 1. The van der Waals surface area contributed by atoms with Crippen molar-refractivity contribution < 1.29 is 27.6 Å². The summed E-state index contributed by atoms with van der Waals surface area (Å²) < 4.78 is 40.5. The zero-order valence-electron chi connectivity index (χ0n) is 26.2. The fourth-order valence-corrected chi connectivity index (χ4v) is 7.07. The van der Waals surface area contributed by atoms with Gasteiger partial charge in [0.15, 0.2) is 10.7 Å². The minimum Gasteiger partial charge on any atom is -0.488 e. The molecule has 5 rings (SSSR count). The molecule has 3 atom stereocenters. The minimum absolute atomic E-state index is 0.0426. The number of rotatable bonds is 10. The summed E-state index contributed by atoms with van der Waals surface area (Å²) in [5.74, 6) is 0.119. The third-order valence-corrected chi connectivity index (χ3v) is 9.78. The van der Waals surface area contributed by atoms with Crippen molar-refractivity contribution in [2.24, 2.45) is 5.92 Å². The summed E-state index contributed by atoms with van der Waals surface area (Å²) in [6.07, 6.45) is -0.288. The van der Waals surface area contributed by atoms with Crippen molar-refractivity contribution in [1.29, 1.82) is 0 Å². The molecule has 4 aromatic rings. The van der Waals surface area contributed by atoms with Crippen LogP contribution in [0.1, 0.15) is 41.2 Å². The molecule has 11 heteroatoms. The van der Waals surface area contributed by atoms with Crippen molar-refractivity contribution in [3.05, 3.63) is 95.4 Å². The number of anilines is 1. The Kier molecular flexibility index (Phi) is 9.62. The Bertz CT molecular complexity index is 1720. The molecule has 0 saturated heterocycles. The van der Waals surface area contributed by atoms with Crippen LogP contribution in [0.5, 0.6) is 5.75 Å². The topological polar surface area (TPSA) is 125 Å². The lowest BCUT2D eigenvalue weighted by molar-refractivity contribution is 0.0341. The largest absolute Gasteiger partial charge is 0.488 e. The molecule has 2 heterocycles. The van der Waals surface area contributed by atoms with Crippen LogP contribution in [0.2, 0.25) is 0 Å². The molecular weight excluding hydrogens is 592 g/mol. The summed E-state index contributed by atoms with van der Waals surface area (Å²) >= 11 is 0. The first kappa shape index (κ1) is 32.2. The van der Waals surface area contributed by atoms with E-state index in [-0.39, 0.29) is 52.1 Å². The summed E-state index contributed by atoms with van der Waals surface area (Å²) in [7, 11) is -1.99. The van der Waals surface area contributed by atoms with Gasteiger partial charge in [-0.3, -0.25) is 14.4 Å². The van der Waals surface area contributed by atoms with E-state index in [0.717, 1.165) is 11.1 Å². The van der Waals surface area contributed by atoms with Gasteiger partial charge in [-0.1, -0.05) is 66.7 Å². The number of aromatic nitrogens is 1. The number of hydrogen-bond donors (Lipinski definition) is 2. The van der Waals surface area contributed by atoms with Crippen LogP contribution in [-0.4, -0.2) is 73.3 Å². The number of nitrogens with one attached hydrogen (secondary N) is 1. The zero-order valence-corrected chi connectivity index (χ0v) is 27.0. The zero-order chi connectivity index (χ0) is 32.3. The van der Waals surface area contributed by atoms with Gasteiger partial charge in [0, 0.05) is 31.2 Å². The number of aliphatic hydroxyl groups excluding tert-OH is 1. The molecule has 0 spiro atoms. The molecule has 10 nitrogen and oxygen atoms in total. The highest BCUT2D eigenvalue weighted by Crippen LogP contribution is 2.32. The molecule has 1 aromatic heterocycles. The SMILES string of the molecule is Cc1noc(C)c1S(=O)(=O)Nc1ccc2c(c1)C(=O)N([C@@H](C)CO)C[C@H](C)[C@@H](CN(C)Cc1ccc(-c3ccccc3)cc1)O2. The van der Waals surface area contributed by atoms with Gasteiger partial charge in [-0.2, -0.15) is 0 Å². The Morgan fingerprint density at radius 2 is 1.76 bits per heavy atom. The Hall–Kier alpha value is -4.19. The van der Waals surface area contributed by atoms with E-state index in [1.807, 2.05) is 32.2 Å². The molecule has 0 radical (unpaired) electrons. The van der Waals surface area contributed by atoms with Crippen LogP contribution in [0, 0.1) is 19.8 Å². The first-order valence-electron chi connectivity index (χ1n) is 15.0. The van der Waals surface area contributed by atoms with Gasteiger partial charge in [0.1, 0.15) is 17.5 Å². The predicted octanol–water partition coefficient (Wildman–Crippen LogP) is 5.11. The number of benzene rings is 3. The van der Waals surface area contributed by atoms with Gasteiger partial charge in [-0.05, 0) is 62.7 Å². The molecule has 0 bridgehead atoms. The molecule has 1 amide bonds. The summed E-state index contributed by atoms with van der Waals surface area (Å²) in [6, 6.07) is 23.0. The van der Waals surface area contributed by atoms with E-state index in [1.54, 1.807) is 30.9 Å². The number of ether oxygens (including phenoxy) is 1. The lowest BCUT2D eigenvalue weighted by Crippen LogP contribution is -2.49. The van der Waals surface area contributed by atoms with Gasteiger partial charge in [0.05, 0.1) is 18.2 Å². The van der Waals surface area contributed by atoms with Crippen molar-refractivity contribution in [2.75, 3.05) is 31.5 Å². The van der Waals surface area contributed by atoms with Crippen LogP contribution in [0.15, 0.2) is 82.2 Å². The second-order valence-corrected chi connectivity index (χ2v) is 13.5. The molecule has 1 aliphatic heterocycles. The number of nitrogens with zero attached hydrogens (tertiary/aromatic N) is 3. The fraction of sp³-hybridized carbons (Fsp3) is 0.353. The molecule has 0 fully saturated rings. The molecule has 0 saturated carbocycles. The fourth-order valence-electron chi connectivity index (χ4n) is 5.69. The summed E-state index contributed by atoms with van der Waals surface area (Å²) in [5, 5.41) is 13.7. The van der Waals surface area contributed by atoms with Crippen LogP contribution in [-0.2, 0) is 16.6 Å². The first-order valence-corrected chi connectivity index (χ1v) is 16.5. The normalized spacial score (nSPS) is 17.8. The number of carbonyl (C=O) groups is 1. The maximum atomic E-state index is 13.8. The number of fused-ring (bicyclic) bond motifs is 1. The van der Waals surface area contributed by atoms with Gasteiger partial charge in [-0.25, -0.2) is 8.42 Å². The van der Waals surface area contributed by atoms with Gasteiger partial charge in [0.25, 0.3) is 15.9 Å². The van der Waals surface area contributed by atoms with Crippen LogP contribution < -0.4 is 9.46 Å². The Morgan fingerprint density at radius 3 is 2.40 bits per heavy atom. The van der Waals surface area contributed by atoms with Crippen molar-refractivity contribution in [3.63, 3.8) is 0 Å². The van der Waals surface area contributed by atoms with Gasteiger partial charge >= 0.3 is 0 Å². The average molecular weight is 633 g/mol. The second kappa shape index (κ2) is 13.4. The van der Waals surface area contributed by atoms with Crippen molar-refractivity contribution in [2.45, 2.75) is 51.3 Å². The van der Waals surface area contributed by atoms with Crippen LogP contribution >= 0.6 is 0 Å².